The van der Waals surface area contributed by atoms with Gasteiger partial charge in [0, 0.05) is 24.4 Å². The lowest BCUT2D eigenvalue weighted by atomic mass is 9.93. The summed E-state index contributed by atoms with van der Waals surface area (Å²) < 4.78 is 0. The first kappa shape index (κ1) is 15.0. The van der Waals surface area contributed by atoms with Crippen LogP contribution < -0.4 is 0 Å². The van der Waals surface area contributed by atoms with E-state index in [0.717, 1.165) is 29.8 Å². The van der Waals surface area contributed by atoms with Crippen molar-refractivity contribution in [2.45, 2.75) is 39.5 Å². The summed E-state index contributed by atoms with van der Waals surface area (Å²) in [6, 6.07) is 1.96. The van der Waals surface area contributed by atoms with Crippen LogP contribution in [0, 0.1) is 19.8 Å². The van der Waals surface area contributed by atoms with Gasteiger partial charge in [0.25, 0.3) is 5.91 Å². The number of carbonyl (C=O) groups excluding carboxylic acids is 1. The molecule has 1 N–H and O–H groups in total. The van der Waals surface area contributed by atoms with Gasteiger partial charge < -0.3 is 10.0 Å². The van der Waals surface area contributed by atoms with Crippen LogP contribution in [-0.4, -0.2) is 35.0 Å². The summed E-state index contributed by atoms with van der Waals surface area (Å²) in [7, 11) is 0. The maximum atomic E-state index is 12.5. The molecule has 1 saturated heterocycles. The Labute approximate surface area is 123 Å². The molecule has 2 heterocycles. The summed E-state index contributed by atoms with van der Waals surface area (Å²) in [5, 5.41) is 8.75. The molecule has 5 heteroatoms. The van der Waals surface area contributed by atoms with E-state index in [1.165, 1.54) is 4.88 Å². The normalized spacial score (nSPS) is 19.1. The monoisotopic (exact) mass is 295 g/mol. The van der Waals surface area contributed by atoms with Crippen molar-refractivity contribution in [1.29, 1.82) is 0 Å². The van der Waals surface area contributed by atoms with Crippen LogP contribution in [0.5, 0.6) is 0 Å². The Morgan fingerprint density at radius 1 is 1.45 bits per heavy atom. The molecule has 1 aromatic heterocycles. The van der Waals surface area contributed by atoms with Crippen molar-refractivity contribution in [1.82, 2.24) is 4.90 Å². The Hall–Kier alpha value is -1.36. The Bertz CT molecular complexity index is 490. The molecule has 1 fully saturated rings. The zero-order valence-corrected chi connectivity index (χ0v) is 12.8. The van der Waals surface area contributed by atoms with E-state index in [9.17, 15) is 9.59 Å². The lowest BCUT2D eigenvalue weighted by Gasteiger charge is -2.32. The first-order valence-corrected chi connectivity index (χ1v) is 7.87. The van der Waals surface area contributed by atoms with E-state index >= 15 is 0 Å². The number of nitrogens with zero attached hydrogens (tertiary/aromatic N) is 1. The minimum absolute atomic E-state index is 0.103. The molecular formula is C15H21NO3S. The highest BCUT2D eigenvalue weighted by Gasteiger charge is 2.25. The number of carbonyl (C=O) groups is 2. The van der Waals surface area contributed by atoms with Crippen LogP contribution in [0.3, 0.4) is 0 Å². The minimum Gasteiger partial charge on any atom is -0.481 e. The smallest absolute Gasteiger partial charge is 0.303 e. The fraction of sp³-hybridized carbons (Fsp3) is 0.600. The highest BCUT2D eigenvalue weighted by molar-refractivity contribution is 7.14. The average Bonchev–Trinajstić information content (AvgIpc) is 2.76. The Morgan fingerprint density at radius 3 is 2.80 bits per heavy atom. The van der Waals surface area contributed by atoms with Crippen molar-refractivity contribution in [3.63, 3.8) is 0 Å². The molecule has 2 rings (SSSR count). The van der Waals surface area contributed by atoms with E-state index in [1.807, 2.05) is 24.8 Å². The molecule has 0 radical (unpaired) electrons. The van der Waals surface area contributed by atoms with E-state index in [2.05, 4.69) is 0 Å². The number of aliphatic carboxylic acids is 1. The fourth-order valence-electron chi connectivity index (χ4n) is 2.65. The van der Waals surface area contributed by atoms with Gasteiger partial charge in [-0.3, -0.25) is 9.59 Å². The summed E-state index contributed by atoms with van der Waals surface area (Å²) in [6.07, 6.45) is 2.87. The third-order valence-corrected chi connectivity index (χ3v) is 5.09. The van der Waals surface area contributed by atoms with Crippen molar-refractivity contribution in [3.8, 4) is 0 Å². The molecule has 1 aliphatic heterocycles. The van der Waals surface area contributed by atoms with Crippen molar-refractivity contribution in [2.24, 2.45) is 5.92 Å². The van der Waals surface area contributed by atoms with E-state index in [-0.39, 0.29) is 12.3 Å². The number of piperidine rings is 1. The number of carboxylic acid groups (broad SMARTS) is 1. The largest absolute Gasteiger partial charge is 0.481 e. The summed E-state index contributed by atoms with van der Waals surface area (Å²) >= 11 is 1.55. The number of hydrogen-bond donors (Lipinski definition) is 1. The molecule has 0 spiro atoms. The number of amides is 1. The first-order valence-electron chi connectivity index (χ1n) is 7.05. The summed E-state index contributed by atoms with van der Waals surface area (Å²) in [5.41, 5.74) is 1.16. The number of likely N-dealkylation sites (tertiary alicyclic amines) is 1. The molecule has 0 aliphatic carbocycles. The Morgan fingerprint density at radius 2 is 2.20 bits per heavy atom. The number of aryl methyl sites for hydroxylation is 2. The fourth-order valence-corrected chi connectivity index (χ4v) is 3.65. The Balaban J connectivity index is 1.97. The van der Waals surface area contributed by atoms with Gasteiger partial charge in [0.2, 0.25) is 0 Å². The molecule has 0 aromatic carbocycles. The molecule has 20 heavy (non-hydrogen) atoms. The minimum atomic E-state index is -0.752. The van der Waals surface area contributed by atoms with Crippen molar-refractivity contribution >= 4 is 23.2 Å². The second-order valence-corrected chi connectivity index (χ2v) is 6.80. The molecule has 1 aliphatic rings. The van der Waals surface area contributed by atoms with Crippen LogP contribution in [0.25, 0.3) is 0 Å². The van der Waals surface area contributed by atoms with E-state index in [0.29, 0.717) is 18.9 Å². The predicted molar refractivity (Wildman–Crippen MR) is 79.3 cm³/mol. The van der Waals surface area contributed by atoms with Gasteiger partial charge in [-0.05, 0) is 50.7 Å². The van der Waals surface area contributed by atoms with Gasteiger partial charge in [0.1, 0.15) is 0 Å². The van der Waals surface area contributed by atoms with Gasteiger partial charge in [0.15, 0.2) is 0 Å². The lowest BCUT2D eigenvalue weighted by Crippen LogP contribution is -2.39. The van der Waals surface area contributed by atoms with Gasteiger partial charge in [0.05, 0.1) is 4.88 Å². The predicted octanol–water partition coefficient (Wildman–Crippen LogP) is 3.08. The van der Waals surface area contributed by atoms with Gasteiger partial charge >= 0.3 is 5.97 Å². The lowest BCUT2D eigenvalue weighted by molar-refractivity contribution is -0.137. The third kappa shape index (κ3) is 3.60. The molecule has 0 bridgehead atoms. The molecule has 1 atom stereocenters. The quantitative estimate of drug-likeness (QED) is 0.928. The summed E-state index contributed by atoms with van der Waals surface area (Å²) in [5.74, 6) is -0.324. The van der Waals surface area contributed by atoms with Crippen molar-refractivity contribution in [3.05, 3.63) is 21.4 Å². The average molecular weight is 295 g/mol. The summed E-state index contributed by atoms with van der Waals surface area (Å²) in [4.78, 5) is 27.0. The molecule has 0 saturated carbocycles. The SMILES string of the molecule is Cc1cc(C(=O)N2CCCC(CCC(=O)O)C2)sc1C. The maximum Gasteiger partial charge on any atom is 0.303 e. The number of thiophene rings is 1. The number of hydrogen-bond acceptors (Lipinski definition) is 3. The molecular weight excluding hydrogens is 274 g/mol. The van der Waals surface area contributed by atoms with Crippen LogP contribution >= 0.6 is 11.3 Å². The zero-order valence-electron chi connectivity index (χ0n) is 12.0. The highest BCUT2D eigenvalue weighted by Crippen LogP contribution is 2.26. The number of rotatable bonds is 4. The Kier molecular flexibility index (Phi) is 4.81. The first-order chi connectivity index (χ1) is 9.47. The zero-order chi connectivity index (χ0) is 14.7. The van der Waals surface area contributed by atoms with E-state index in [4.69, 9.17) is 5.11 Å². The van der Waals surface area contributed by atoms with Gasteiger partial charge in [-0.2, -0.15) is 0 Å². The van der Waals surface area contributed by atoms with Gasteiger partial charge in [-0.25, -0.2) is 0 Å². The van der Waals surface area contributed by atoms with Crippen LogP contribution in [0.2, 0.25) is 0 Å². The van der Waals surface area contributed by atoms with E-state index < -0.39 is 5.97 Å². The molecule has 1 unspecified atom stereocenters. The number of carboxylic acids is 1. The molecule has 1 amide bonds. The van der Waals surface area contributed by atoms with Crippen LogP contribution in [0.1, 0.15) is 45.8 Å². The van der Waals surface area contributed by atoms with Crippen molar-refractivity contribution in [2.75, 3.05) is 13.1 Å². The van der Waals surface area contributed by atoms with E-state index in [1.54, 1.807) is 11.3 Å². The molecule has 1 aromatic rings. The van der Waals surface area contributed by atoms with Gasteiger partial charge in [-0.1, -0.05) is 0 Å². The summed E-state index contributed by atoms with van der Waals surface area (Å²) in [6.45, 7) is 5.54. The molecule has 4 nitrogen and oxygen atoms in total. The second-order valence-electron chi connectivity index (χ2n) is 5.54. The second kappa shape index (κ2) is 6.39. The third-order valence-electron chi connectivity index (χ3n) is 3.95. The van der Waals surface area contributed by atoms with Crippen LogP contribution in [-0.2, 0) is 4.79 Å². The van der Waals surface area contributed by atoms with Gasteiger partial charge in [-0.15, -0.1) is 11.3 Å². The van der Waals surface area contributed by atoms with Crippen molar-refractivity contribution < 1.29 is 14.7 Å². The molecule has 110 valence electrons. The standard InChI is InChI=1S/C15H21NO3S/c1-10-8-13(20-11(10)2)15(19)16-7-3-4-12(9-16)5-6-14(17)18/h8,12H,3-7,9H2,1-2H3,(H,17,18). The van der Waals surface area contributed by atoms with Crippen LogP contribution in [0.15, 0.2) is 6.07 Å². The maximum absolute atomic E-state index is 12.5. The topological polar surface area (TPSA) is 57.6 Å². The van der Waals surface area contributed by atoms with Crippen LogP contribution in [0.4, 0.5) is 0 Å². The highest BCUT2D eigenvalue weighted by atomic mass is 32.1.